The van der Waals surface area contributed by atoms with Gasteiger partial charge in [0.2, 0.25) is 5.95 Å². The molecular weight excluding hydrogens is 571 g/mol. The molecule has 0 saturated carbocycles. The van der Waals surface area contributed by atoms with Crippen LogP contribution in [0.25, 0.3) is 104 Å². The summed E-state index contributed by atoms with van der Waals surface area (Å²) in [4.78, 5) is 10.9. The maximum absolute atomic E-state index is 5.52. The van der Waals surface area contributed by atoms with E-state index in [4.69, 9.17) is 9.97 Å². The molecule has 10 aromatic rings. The lowest BCUT2D eigenvalue weighted by Crippen LogP contribution is -2.04. The van der Waals surface area contributed by atoms with E-state index in [9.17, 15) is 0 Å². The lowest BCUT2D eigenvalue weighted by molar-refractivity contribution is 1.02. The number of nitrogens with zero attached hydrogens (tertiary/aromatic N) is 3. The molecule has 0 fully saturated rings. The highest BCUT2D eigenvalue weighted by atomic mass is 15.2. The molecule has 0 spiro atoms. The van der Waals surface area contributed by atoms with Gasteiger partial charge < -0.3 is 0 Å². The summed E-state index contributed by atoms with van der Waals surface area (Å²) >= 11 is 0. The minimum Gasteiger partial charge on any atom is -0.277 e. The molecule has 0 radical (unpaired) electrons. The van der Waals surface area contributed by atoms with Gasteiger partial charge in [-0.15, -0.1) is 0 Å². The molecule has 0 unspecified atom stereocenters. The third-order valence-corrected chi connectivity index (χ3v) is 10.1. The molecule has 2 heterocycles. The van der Waals surface area contributed by atoms with Crippen molar-refractivity contribution in [3.8, 4) is 39.5 Å². The highest BCUT2D eigenvalue weighted by Gasteiger charge is 2.27. The number of rotatable bonds is 2. The van der Waals surface area contributed by atoms with E-state index in [2.05, 4.69) is 156 Å². The Morgan fingerprint density at radius 1 is 0.404 bits per heavy atom. The number of fused-ring (bicyclic) bond motifs is 12. The number of aromatic nitrogens is 3. The second-order valence-corrected chi connectivity index (χ2v) is 12.5. The summed E-state index contributed by atoms with van der Waals surface area (Å²) in [7, 11) is 0. The first-order valence-electron chi connectivity index (χ1n) is 16.1. The number of hydrogen-bond donors (Lipinski definition) is 0. The van der Waals surface area contributed by atoms with Crippen LogP contribution < -0.4 is 0 Å². The van der Waals surface area contributed by atoms with Crippen molar-refractivity contribution in [2.75, 3.05) is 0 Å². The van der Waals surface area contributed by atoms with Crippen molar-refractivity contribution in [2.45, 2.75) is 0 Å². The van der Waals surface area contributed by atoms with Crippen LogP contribution in [0.3, 0.4) is 0 Å². The van der Waals surface area contributed by atoms with Gasteiger partial charge in [0, 0.05) is 27.1 Å². The molecule has 8 aromatic carbocycles. The van der Waals surface area contributed by atoms with Gasteiger partial charge in [-0.3, -0.25) is 4.57 Å². The van der Waals surface area contributed by atoms with E-state index in [1.165, 1.54) is 60.0 Å². The Bertz CT molecular complexity index is 2950. The van der Waals surface area contributed by atoms with E-state index in [1.807, 2.05) is 0 Å². The van der Waals surface area contributed by atoms with Crippen molar-refractivity contribution < 1.29 is 0 Å². The maximum Gasteiger partial charge on any atom is 0.235 e. The van der Waals surface area contributed by atoms with Gasteiger partial charge in [-0.25, -0.2) is 9.97 Å². The lowest BCUT2D eigenvalue weighted by Gasteiger charge is -2.14. The van der Waals surface area contributed by atoms with Crippen molar-refractivity contribution in [2.24, 2.45) is 0 Å². The fourth-order valence-corrected chi connectivity index (χ4v) is 8.14. The van der Waals surface area contributed by atoms with Crippen LogP contribution in [0.1, 0.15) is 0 Å². The average molecular weight is 596 g/mol. The second kappa shape index (κ2) is 9.12. The first kappa shape index (κ1) is 24.9. The van der Waals surface area contributed by atoms with E-state index in [-0.39, 0.29) is 0 Å². The predicted octanol–water partition coefficient (Wildman–Crippen LogP) is 11.5. The van der Waals surface area contributed by atoms with E-state index < -0.39 is 0 Å². The zero-order chi connectivity index (χ0) is 30.6. The van der Waals surface area contributed by atoms with Crippen molar-refractivity contribution in [3.63, 3.8) is 0 Å². The third kappa shape index (κ3) is 3.30. The van der Waals surface area contributed by atoms with Crippen LogP contribution in [-0.2, 0) is 0 Å². The van der Waals surface area contributed by atoms with Crippen LogP contribution in [-0.4, -0.2) is 14.5 Å². The first-order valence-corrected chi connectivity index (χ1v) is 16.1. The van der Waals surface area contributed by atoms with Gasteiger partial charge in [0.1, 0.15) is 0 Å². The minimum atomic E-state index is 0.678. The molecule has 3 heteroatoms. The summed E-state index contributed by atoms with van der Waals surface area (Å²) in [6.07, 6.45) is 0. The monoisotopic (exact) mass is 595 g/mol. The maximum atomic E-state index is 5.52. The molecule has 0 bridgehead atoms. The Morgan fingerprint density at radius 2 is 1.06 bits per heavy atom. The molecule has 2 aromatic heterocycles. The highest BCUT2D eigenvalue weighted by Crippen LogP contribution is 2.51. The largest absolute Gasteiger partial charge is 0.277 e. The Labute approximate surface area is 270 Å². The van der Waals surface area contributed by atoms with Crippen molar-refractivity contribution in [1.82, 2.24) is 14.5 Å². The Kier molecular flexibility index (Phi) is 4.84. The number of benzene rings is 8. The molecule has 0 aliphatic heterocycles. The van der Waals surface area contributed by atoms with Crippen molar-refractivity contribution in [1.29, 1.82) is 0 Å². The van der Waals surface area contributed by atoms with Gasteiger partial charge in [0.25, 0.3) is 0 Å². The van der Waals surface area contributed by atoms with Gasteiger partial charge in [-0.05, 0) is 61.3 Å². The normalized spacial score (nSPS) is 12.3. The average Bonchev–Trinajstić information content (AvgIpc) is 3.65. The zero-order valence-electron chi connectivity index (χ0n) is 25.3. The lowest BCUT2D eigenvalue weighted by atomic mass is 9.97. The van der Waals surface area contributed by atoms with Gasteiger partial charge in [0.15, 0.2) is 0 Å². The van der Waals surface area contributed by atoms with Gasteiger partial charge in [-0.2, -0.15) is 0 Å². The number of hydrogen-bond acceptors (Lipinski definition) is 2. The van der Waals surface area contributed by atoms with Gasteiger partial charge in [-0.1, -0.05) is 140 Å². The molecule has 0 N–H and O–H groups in total. The Morgan fingerprint density at radius 3 is 1.91 bits per heavy atom. The molecule has 3 nitrogen and oxygen atoms in total. The summed E-state index contributed by atoms with van der Waals surface area (Å²) < 4.78 is 2.33. The minimum absolute atomic E-state index is 0.678. The molecule has 47 heavy (non-hydrogen) atoms. The van der Waals surface area contributed by atoms with E-state index >= 15 is 0 Å². The molecule has 0 saturated heterocycles. The fourth-order valence-electron chi connectivity index (χ4n) is 8.14. The highest BCUT2D eigenvalue weighted by molar-refractivity contribution is 6.31. The molecule has 1 aliphatic carbocycles. The smallest absolute Gasteiger partial charge is 0.235 e. The van der Waals surface area contributed by atoms with Crippen LogP contribution >= 0.6 is 0 Å². The molecule has 0 atom stereocenters. The Hall–Kier alpha value is -6.32. The summed E-state index contributed by atoms with van der Waals surface area (Å²) in [6.45, 7) is 0. The second-order valence-electron chi connectivity index (χ2n) is 12.5. The predicted molar refractivity (Wildman–Crippen MR) is 196 cm³/mol. The molecule has 11 rings (SSSR count). The SMILES string of the molecule is c1ccc(-c2nc(-n3c4cc5c6c(cccc6c4c4ccc6ccccc6c43)-c3ccccc3-5)nc3ccc4ccccc4c23)cc1. The van der Waals surface area contributed by atoms with E-state index in [0.717, 1.165) is 38.6 Å². The fraction of sp³-hybridized carbons (Fsp3) is 0. The van der Waals surface area contributed by atoms with E-state index in [0.29, 0.717) is 5.95 Å². The van der Waals surface area contributed by atoms with Crippen LogP contribution in [0.2, 0.25) is 0 Å². The van der Waals surface area contributed by atoms with Crippen molar-refractivity contribution >= 4 is 65.0 Å². The quantitative estimate of drug-likeness (QED) is 0.186. The molecule has 0 amide bonds. The summed E-state index contributed by atoms with van der Waals surface area (Å²) in [5.41, 5.74) is 10.3. The third-order valence-electron chi connectivity index (χ3n) is 10.1. The van der Waals surface area contributed by atoms with Crippen LogP contribution in [0.15, 0.2) is 152 Å². The molecule has 1 aliphatic rings. The van der Waals surface area contributed by atoms with Gasteiger partial charge in [0.05, 0.1) is 22.2 Å². The first-order chi connectivity index (χ1) is 23.3. The molecule has 216 valence electrons. The topological polar surface area (TPSA) is 30.7 Å². The summed E-state index contributed by atoms with van der Waals surface area (Å²) in [5.74, 6) is 0.678. The van der Waals surface area contributed by atoms with Crippen LogP contribution in [0.4, 0.5) is 0 Å². The summed E-state index contributed by atoms with van der Waals surface area (Å²) in [5, 5.41) is 10.8. The van der Waals surface area contributed by atoms with Crippen LogP contribution in [0.5, 0.6) is 0 Å². The van der Waals surface area contributed by atoms with E-state index in [1.54, 1.807) is 0 Å². The standard InChI is InChI=1S/C44H25N3/c1-2-13-28(14-3-1)42-41-29-15-6-4-11-26(29)22-24-37(41)45-44(46-42)47-38-25-36-32-18-9-8-17-31(32)33-19-10-20-34(39(33)36)40(38)35-23-21-27-12-5-7-16-30(27)43(35)47/h1-25H. The van der Waals surface area contributed by atoms with Crippen LogP contribution in [0, 0.1) is 0 Å². The van der Waals surface area contributed by atoms with Crippen molar-refractivity contribution in [3.05, 3.63) is 152 Å². The van der Waals surface area contributed by atoms with Gasteiger partial charge >= 0.3 is 0 Å². The summed E-state index contributed by atoms with van der Waals surface area (Å²) in [6, 6.07) is 54.6. The Balaban J connectivity index is 1.36. The zero-order valence-corrected chi connectivity index (χ0v) is 25.3. The molecular formula is C44H25N3.